The fourth-order valence-electron chi connectivity index (χ4n) is 3.33. The highest BCUT2D eigenvalue weighted by Gasteiger charge is 2.19. The summed E-state index contributed by atoms with van der Waals surface area (Å²) in [4.78, 5) is 5.22. The van der Waals surface area contributed by atoms with Crippen molar-refractivity contribution in [2.45, 2.75) is 49.0 Å². The molecular formula is C22H27NO3S. The van der Waals surface area contributed by atoms with E-state index in [1.54, 1.807) is 19.5 Å². The van der Waals surface area contributed by atoms with E-state index in [4.69, 9.17) is 9.47 Å². The van der Waals surface area contributed by atoms with E-state index >= 15 is 0 Å². The number of rotatable bonds is 8. The Kier molecular flexibility index (Phi) is 7.33. The van der Waals surface area contributed by atoms with Crippen LogP contribution < -0.4 is 4.74 Å². The molecule has 144 valence electrons. The van der Waals surface area contributed by atoms with Crippen molar-refractivity contribution in [3.63, 3.8) is 0 Å². The maximum absolute atomic E-state index is 10.5. The average molecular weight is 386 g/mol. The Balaban J connectivity index is 1.93. The zero-order valence-corrected chi connectivity index (χ0v) is 16.7. The van der Waals surface area contributed by atoms with Gasteiger partial charge >= 0.3 is 0 Å². The Bertz CT molecular complexity index is 757. The predicted molar refractivity (Wildman–Crippen MR) is 111 cm³/mol. The molecule has 0 radical (unpaired) electrons. The molecule has 1 aliphatic rings. The zero-order valence-electron chi connectivity index (χ0n) is 15.9. The number of nitrogens with zero attached hydrogens (tertiary/aromatic N) is 1. The molecule has 1 aliphatic carbocycles. The molecule has 27 heavy (non-hydrogen) atoms. The molecule has 0 amide bonds. The Labute approximate surface area is 165 Å². The summed E-state index contributed by atoms with van der Waals surface area (Å²) in [6.45, 7) is 2.31. The average Bonchev–Trinajstić information content (AvgIpc) is 3.20. The van der Waals surface area contributed by atoms with E-state index in [1.807, 2.05) is 49.0 Å². The number of hydrogen-bond donors (Lipinski definition) is 1. The third-order valence-corrected chi connectivity index (χ3v) is 6.09. The van der Waals surface area contributed by atoms with Crippen LogP contribution in [0.4, 0.5) is 0 Å². The zero-order chi connectivity index (χ0) is 19.1. The van der Waals surface area contributed by atoms with Gasteiger partial charge in [0.2, 0.25) is 0 Å². The summed E-state index contributed by atoms with van der Waals surface area (Å²) in [6, 6.07) is 9.91. The van der Waals surface area contributed by atoms with Crippen LogP contribution in [0.25, 0.3) is 11.6 Å². The molecule has 1 atom stereocenters. The van der Waals surface area contributed by atoms with Crippen LogP contribution in [0, 0.1) is 0 Å². The van der Waals surface area contributed by atoms with Gasteiger partial charge in [-0.25, -0.2) is 0 Å². The van der Waals surface area contributed by atoms with Gasteiger partial charge in [-0.15, -0.1) is 11.8 Å². The summed E-state index contributed by atoms with van der Waals surface area (Å²) in [5.41, 5.74) is 2.63. The van der Waals surface area contributed by atoms with Gasteiger partial charge in [0, 0.05) is 29.8 Å². The summed E-state index contributed by atoms with van der Waals surface area (Å²) in [7, 11) is 1.71. The lowest BCUT2D eigenvalue weighted by Gasteiger charge is -2.17. The number of methoxy groups -OCH3 is 1. The van der Waals surface area contributed by atoms with E-state index in [0.717, 1.165) is 27.3 Å². The minimum atomic E-state index is -0.981. The lowest BCUT2D eigenvalue weighted by Crippen LogP contribution is -2.14. The third-order valence-electron chi connectivity index (χ3n) is 4.71. The minimum absolute atomic E-state index is 0.439. The van der Waals surface area contributed by atoms with Gasteiger partial charge in [-0.05, 0) is 61.2 Å². The number of pyridine rings is 1. The number of hydrogen-bond acceptors (Lipinski definition) is 5. The standard InChI is InChI=1S/C22H27NO3S/c1-3-26-22(24)19(17-10-12-23-13-11-17)14-16-8-9-20(25-2)21(15-16)27-18-6-4-5-7-18/h8-15,18,22,24H,3-7H2,1-2H3/b19-14+. The maximum Gasteiger partial charge on any atom is 0.181 e. The van der Waals surface area contributed by atoms with Gasteiger partial charge in [0.1, 0.15) is 5.75 Å². The number of thioether (sulfide) groups is 1. The number of aliphatic hydroxyl groups is 1. The first-order valence-corrected chi connectivity index (χ1v) is 10.4. The molecule has 1 fully saturated rings. The molecule has 1 N–H and O–H groups in total. The van der Waals surface area contributed by atoms with E-state index in [1.165, 1.54) is 25.7 Å². The van der Waals surface area contributed by atoms with Crippen LogP contribution in [0.5, 0.6) is 5.75 Å². The monoisotopic (exact) mass is 385 g/mol. The third kappa shape index (κ3) is 5.34. The van der Waals surface area contributed by atoms with Crippen LogP contribution in [-0.2, 0) is 4.74 Å². The van der Waals surface area contributed by atoms with Crippen LogP contribution in [0.1, 0.15) is 43.7 Å². The normalized spacial score (nSPS) is 16.5. The molecule has 1 aromatic heterocycles. The maximum atomic E-state index is 10.5. The molecule has 3 rings (SSSR count). The van der Waals surface area contributed by atoms with Gasteiger partial charge in [-0.2, -0.15) is 0 Å². The van der Waals surface area contributed by atoms with Crippen LogP contribution in [0.2, 0.25) is 0 Å². The van der Waals surface area contributed by atoms with Gasteiger partial charge in [0.15, 0.2) is 6.29 Å². The van der Waals surface area contributed by atoms with Gasteiger partial charge in [-0.1, -0.05) is 18.9 Å². The van der Waals surface area contributed by atoms with E-state index in [-0.39, 0.29) is 0 Å². The summed E-state index contributed by atoms with van der Waals surface area (Å²) < 4.78 is 11.0. The second-order valence-electron chi connectivity index (χ2n) is 6.58. The van der Waals surface area contributed by atoms with E-state index in [0.29, 0.717) is 11.9 Å². The van der Waals surface area contributed by atoms with Crippen LogP contribution in [0.3, 0.4) is 0 Å². The number of aliphatic hydroxyl groups excluding tert-OH is 1. The molecule has 0 aliphatic heterocycles. The SMILES string of the molecule is CCOC(O)/C(=C/c1ccc(OC)c(SC2CCCC2)c1)c1ccncc1. The molecule has 4 nitrogen and oxygen atoms in total. The number of ether oxygens (including phenoxy) is 2. The van der Waals surface area contributed by atoms with Crippen molar-refractivity contribution in [1.29, 1.82) is 0 Å². The van der Waals surface area contributed by atoms with Crippen LogP contribution in [-0.4, -0.2) is 35.3 Å². The summed E-state index contributed by atoms with van der Waals surface area (Å²) in [6.07, 6.45) is 9.59. The van der Waals surface area contributed by atoms with Gasteiger partial charge in [0.25, 0.3) is 0 Å². The molecule has 0 saturated heterocycles. The summed E-state index contributed by atoms with van der Waals surface area (Å²) in [5, 5.41) is 11.1. The lowest BCUT2D eigenvalue weighted by atomic mass is 10.0. The highest BCUT2D eigenvalue weighted by atomic mass is 32.2. The first kappa shape index (κ1) is 19.9. The fourth-order valence-corrected chi connectivity index (χ4v) is 4.73. The topological polar surface area (TPSA) is 51.6 Å². The number of aromatic nitrogens is 1. The first-order chi connectivity index (χ1) is 13.2. The van der Waals surface area contributed by atoms with Crippen molar-refractivity contribution in [2.24, 2.45) is 0 Å². The molecule has 1 unspecified atom stereocenters. The Hall–Kier alpha value is -1.82. The van der Waals surface area contributed by atoms with Crippen LogP contribution >= 0.6 is 11.8 Å². The second kappa shape index (κ2) is 9.93. The Morgan fingerprint density at radius 1 is 1.26 bits per heavy atom. The van der Waals surface area contributed by atoms with Crippen molar-refractivity contribution in [1.82, 2.24) is 4.98 Å². The van der Waals surface area contributed by atoms with Crippen molar-refractivity contribution in [2.75, 3.05) is 13.7 Å². The fraction of sp³-hybridized carbons (Fsp3) is 0.409. The van der Waals surface area contributed by atoms with Crippen molar-refractivity contribution in [3.8, 4) is 5.75 Å². The van der Waals surface area contributed by atoms with Gasteiger partial charge in [-0.3, -0.25) is 4.98 Å². The highest BCUT2D eigenvalue weighted by molar-refractivity contribution is 8.00. The molecule has 1 heterocycles. The summed E-state index contributed by atoms with van der Waals surface area (Å²) in [5.74, 6) is 0.903. The molecule has 0 bridgehead atoms. The Morgan fingerprint density at radius 2 is 2.00 bits per heavy atom. The first-order valence-electron chi connectivity index (χ1n) is 9.47. The molecular weight excluding hydrogens is 358 g/mol. The molecule has 2 aromatic rings. The molecule has 0 spiro atoms. The highest BCUT2D eigenvalue weighted by Crippen LogP contribution is 2.40. The number of benzene rings is 1. The predicted octanol–water partition coefficient (Wildman–Crippen LogP) is 5.02. The van der Waals surface area contributed by atoms with Crippen molar-refractivity contribution < 1.29 is 14.6 Å². The largest absolute Gasteiger partial charge is 0.496 e. The van der Waals surface area contributed by atoms with Gasteiger partial charge in [0.05, 0.1) is 12.0 Å². The quantitative estimate of drug-likeness (QED) is 0.647. The van der Waals surface area contributed by atoms with Crippen LogP contribution in [0.15, 0.2) is 47.6 Å². The summed E-state index contributed by atoms with van der Waals surface area (Å²) >= 11 is 1.90. The smallest absolute Gasteiger partial charge is 0.181 e. The van der Waals surface area contributed by atoms with E-state index < -0.39 is 6.29 Å². The van der Waals surface area contributed by atoms with E-state index in [9.17, 15) is 5.11 Å². The van der Waals surface area contributed by atoms with E-state index in [2.05, 4.69) is 11.1 Å². The molecule has 5 heteroatoms. The van der Waals surface area contributed by atoms with Crippen molar-refractivity contribution >= 4 is 23.4 Å². The Morgan fingerprint density at radius 3 is 2.67 bits per heavy atom. The minimum Gasteiger partial charge on any atom is -0.496 e. The molecule has 1 aromatic carbocycles. The molecule has 1 saturated carbocycles. The second-order valence-corrected chi connectivity index (χ2v) is 7.92. The van der Waals surface area contributed by atoms with Gasteiger partial charge < -0.3 is 14.6 Å². The van der Waals surface area contributed by atoms with Crippen molar-refractivity contribution in [3.05, 3.63) is 53.9 Å². The lowest BCUT2D eigenvalue weighted by molar-refractivity contribution is -0.0506.